The van der Waals surface area contributed by atoms with Crippen molar-refractivity contribution in [1.29, 1.82) is 0 Å². The normalized spacial score (nSPS) is 18.8. The Morgan fingerprint density at radius 3 is 2.61 bits per heavy atom. The second-order valence-corrected chi connectivity index (χ2v) is 9.10. The van der Waals surface area contributed by atoms with Gasteiger partial charge in [0.05, 0.1) is 0 Å². The summed E-state index contributed by atoms with van der Waals surface area (Å²) in [5, 5.41) is 7.16. The predicted molar refractivity (Wildman–Crippen MR) is 123 cm³/mol. The van der Waals surface area contributed by atoms with Gasteiger partial charge in [0, 0.05) is 49.6 Å². The van der Waals surface area contributed by atoms with Crippen LogP contribution in [-0.4, -0.2) is 46.5 Å². The van der Waals surface area contributed by atoms with Gasteiger partial charge in [-0.2, -0.15) is 0 Å². The van der Waals surface area contributed by atoms with Crippen LogP contribution in [0.3, 0.4) is 0 Å². The largest absolute Gasteiger partial charge is 0.356 e. The van der Waals surface area contributed by atoms with E-state index in [2.05, 4.69) is 15.5 Å². The zero-order valence-corrected chi connectivity index (χ0v) is 18.6. The minimum Gasteiger partial charge on any atom is -0.356 e. The van der Waals surface area contributed by atoms with Gasteiger partial charge in [0.25, 0.3) is 5.91 Å². The number of carbonyl (C=O) groups is 2. The van der Waals surface area contributed by atoms with E-state index < -0.39 is 0 Å². The monoisotopic (exact) mass is 444 g/mol. The molecule has 7 nitrogen and oxygen atoms in total. The van der Waals surface area contributed by atoms with Crippen molar-refractivity contribution in [3.63, 3.8) is 0 Å². The number of amides is 2. The van der Waals surface area contributed by atoms with Crippen molar-refractivity contribution in [3.05, 3.63) is 72.2 Å². The summed E-state index contributed by atoms with van der Waals surface area (Å²) in [7, 11) is 0. The van der Waals surface area contributed by atoms with E-state index >= 15 is 0 Å². The molecule has 7 heteroatoms. The van der Waals surface area contributed by atoms with Crippen molar-refractivity contribution in [2.75, 3.05) is 19.6 Å². The standard InChI is InChI=1S/C26H28N4O3/c31-24(28-12-4-5-19-8-13-27-14-9-19)21-18-26(21)10-15-30(16-11-26)25(32)23-17-22(29-33-23)20-6-2-1-3-7-20/h1-3,6-9,13-14,17,21H,4-5,10-12,15-16,18H2,(H,28,31). The molecule has 0 radical (unpaired) electrons. The highest BCUT2D eigenvalue weighted by Gasteiger charge is 2.58. The lowest BCUT2D eigenvalue weighted by molar-refractivity contribution is -0.123. The van der Waals surface area contributed by atoms with Crippen LogP contribution < -0.4 is 5.32 Å². The van der Waals surface area contributed by atoms with Gasteiger partial charge in [0.15, 0.2) is 0 Å². The van der Waals surface area contributed by atoms with Crippen LogP contribution in [0.15, 0.2) is 65.4 Å². The van der Waals surface area contributed by atoms with Crippen molar-refractivity contribution in [2.45, 2.75) is 32.1 Å². The number of nitrogens with zero attached hydrogens (tertiary/aromatic N) is 3. The molecule has 0 bridgehead atoms. The van der Waals surface area contributed by atoms with Gasteiger partial charge in [-0.3, -0.25) is 14.6 Å². The van der Waals surface area contributed by atoms with Crippen molar-refractivity contribution in [3.8, 4) is 11.3 Å². The van der Waals surface area contributed by atoms with E-state index in [0.29, 0.717) is 25.3 Å². The molecule has 1 aliphatic carbocycles. The molecule has 3 heterocycles. The van der Waals surface area contributed by atoms with Crippen LogP contribution in [0.25, 0.3) is 11.3 Å². The van der Waals surface area contributed by atoms with Crippen LogP contribution in [0.5, 0.6) is 0 Å². The summed E-state index contributed by atoms with van der Waals surface area (Å²) in [6, 6.07) is 15.4. The molecule has 2 aliphatic rings. The first-order chi connectivity index (χ1) is 16.1. The molecule has 33 heavy (non-hydrogen) atoms. The molecule has 1 saturated heterocycles. The lowest BCUT2D eigenvalue weighted by atomic mass is 9.90. The molecule has 170 valence electrons. The number of rotatable bonds is 7. The topological polar surface area (TPSA) is 88.3 Å². The summed E-state index contributed by atoms with van der Waals surface area (Å²) in [5.41, 5.74) is 2.88. The van der Waals surface area contributed by atoms with E-state index in [1.807, 2.05) is 47.4 Å². The number of nitrogens with one attached hydrogen (secondary N) is 1. The lowest BCUT2D eigenvalue weighted by Crippen LogP contribution is -2.40. The molecule has 1 spiro atoms. The van der Waals surface area contributed by atoms with Crippen LogP contribution in [0, 0.1) is 11.3 Å². The number of pyridine rings is 1. The van der Waals surface area contributed by atoms with E-state index in [0.717, 1.165) is 37.7 Å². The maximum atomic E-state index is 12.9. The fourth-order valence-electron chi connectivity index (χ4n) is 4.88. The lowest BCUT2D eigenvalue weighted by Gasteiger charge is -2.32. The number of carbonyl (C=O) groups excluding carboxylic acids is 2. The number of hydrogen-bond donors (Lipinski definition) is 1. The third-order valence-electron chi connectivity index (χ3n) is 7.03. The molecule has 1 aliphatic heterocycles. The first-order valence-corrected chi connectivity index (χ1v) is 11.6. The third kappa shape index (κ3) is 4.67. The molecule has 2 amide bonds. The van der Waals surface area contributed by atoms with Crippen molar-refractivity contribution >= 4 is 11.8 Å². The summed E-state index contributed by atoms with van der Waals surface area (Å²) in [5.74, 6) is 0.374. The van der Waals surface area contributed by atoms with E-state index in [1.165, 1.54) is 5.56 Å². The molecule has 3 aromatic rings. The van der Waals surface area contributed by atoms with E-state index in [9.17, 15) is 9.59 Å². The van der Waals surface area contributed by atoms with E-state index in [4.69, 9.17) is 4.52 Å². The summed E-state index contributed by atoms with van der Waals surface area (Å²) < 4.78 is 5.34. The van der Waals surface area contributed by atoms with E-state index in [-0.39, 0.29) is 28.9 Å². The van der Waals surface area contributed by atoms with Gasteiger partial charge in [-0.05, 0) is 55.2 Å². The van der Waals surface area contributed by atoms with Crippen LogP contribution in [0.1, 0.15) is 41.8 Å². The Labute approximate surface area is 193 Å². The Morgan fingerprint density at radius 2 is 1.85 bits per heavy atom. The molecular weight excluding hydrogens is 416 g/mol. The van der Waals surface area contributed by atoms with Crippen LogP contribution in [-0.2, 0) is 11.2 Å². The molecule has 2 fully saturated rings. The SMILES string of the molecule is O=C(NCCCc1ccncc1)C1CC12CCN(C(=O)c1cc(-c3ccccc3)no1)CC2. The fourth-order valence-corrected chi connectivity index (χ4v) is 4.88. The second-order valence-electron chi connectivity index (χ2n) is 9.10. The second kappa shape index (κ2) is 9.17. The van der Waals surface area contributed by atoms with Crippen molar-refractivity contribution in [1.82, 2.24) is 20.4 Å². The minimum absolute atomic E-state index is 0.0581. The molecule has 1 unspecified atom stereocenters. The number of benzene rings is 1. The number of hydrogen-bond acceptors (Lipinski definition) is 5. The van der Waals surface area contributed by atoms with Crippen molar-refractivity contribution < 1.29 is 14.1 Å². The highest BCUT2D eigenvalue weighted by Crippen LogP contribution is 2.59. The van der Waals surface area contributed by atoms with Gasteiger partial charge in [0.2, 0.25) is 11.7 Å². The zero-order valence-electron chi connectivity index (χ0n) is 18.6. The van der Waals surface area contributed by atoms with Gasteiger partial charge < -0.3 is 14.7 Å². The number of aromatic nitrogens is 2. The summed E-state index contributed by atoms with van der Waals surface area (Å²) in [4.78, 5) is 31.4. The molecule has 1 saturated carbocycles. The first kappa shape index (κ1) is 21.4. The predicted octanol–water partition coefficient (Wildman–Crippen LogP) is 3.73. The Balaban J connectivity index is 1.08. The minimum atomic E-state index is -0.128. The summed E-state index contributed by atoms with van der Waals surface area (Å²) >= 11 is 0. The van der Waals surface area contributed by atoms with Gasteiger partial charge in [-0.1, -0.05) is 35.5 Å². The number of piperidine rings is 1. The number of likely N-dealkylation sites (tertiary alicyclic amines) is 1. The molecule has 1 N–H and O–H groups in total. The van der Waals surface area contributed by atoms with Crippen LogP contribution in [0.2, 0.25) is 0 Å². The highest BCUT2D eigenvalue weighted by atomic mass is 16.5. The average molecular weight is 445 g/mol. The maximum absolute atomic E-state index is 12.9. The quantitative estimate of drug-likeness (QED) is 0.561. The maximum Gasteiger partial charge on any atom is 0.292 e. The fraction of sp³-hybridized carbons (Fsp3) is 0.385. The third-order valence-corrected chi connectivity index (χ3v) is 7.03. The average Bonchev–Trinajstić information content (AvgIpc) is 3.33. The Morgan fingerprint density at radius 1 is 1.09 bits per heavy atom. The van der Waals surface area contributed by atoms with Crippen molar-refractivity contribution in [2.24, 2.45) is 11.3 Å². The van der Waals surface area contributed by atoms with E-state index in [1.54, 1.807) is 18.5 Å². The molecule has 1 atom stereocenters. The number of aryl methyl sites for hydroxylation is 1. The molecular formula is C26H28N4O3. The molecule has 5 rings (SSSR count). The highest BCUT2D eigenvalue weighted by molar-refractivity contribution is 5.92. The van der Waals surface area contributed by atoms with Gasteiger partial charge >= 0.3 is 0 Å². The zero-order chi connectivity index (χ0) is 22.7. The van der Waals surface area contributed by atoms with Gasteiger partial charge in [-0.15, -0.1) is 0 Å². The Bertz CT molecular complexity index is 1100. The summed E-state index contributed by atoms with van der Waals surface area (Å²) in [6.07, 6.45) is 8.07. The Kier molecular flexibility index (Phi) is 5.94. The molecule has 2 aromatic heterocycles. The first-order valence-electron chi connectivity index (χ1n) is 11.6. The van der Waals surface area contributed by atoms with Gasteiger partial charge in [0.1, 0.15) is 5.69 Å². The van der Waals surface area contributed by atoms with Crippen LogP contribution in [0.4, 0.5) is 0 Å². The summed E-state index contributed by atoms with van der Waals surface area (Å²) in [6.45, 7) is 1.98. The van der Waals surface area contributed by atoms with Gasteiger partial charge in [-0.25, -0.2) is 0 Å². The Hall–Kier alpha value is -3.48. The van der Waals surface area contributed by atoms with Crippen LogP contribution >= 0.6 is 0 Å². The molecule has 1 aromatic carbocycles. The smallest absolute Gasteiger partial charge is 0.292 e.